The van der Waals surface area contributed by atoms with Gasteiger partial charge in [0.25, 0.3) is 0 Å². The van der Waals surface area contributed by atoms with Crippen LogP contribution < -0.4 is 5.32 Å². The summed E-state index contributed by atoms with van der Waals surface area (Å²) in [5.41, 5.74) is -0.0660. The number of rotatable bonds is 4. The summed E-state index contributed by atoms with van der Waals surface area (Å²) in [6.07, 6.45) is 8.66. The SMILES string of the molecule is CC1CCC(C(=O)N2CC(C(=O)NCC3CC3)C3(CCOCC3)C2)CC1. The van der Waals surface area contributed by atoms with Crippen LogP contribution in [0.15, 0.2) is 0 Å². The van der Waals surface area contributed by atoms with Gasteiger partial charge >= 0.3 is 0 Å². The van der Waals surface area contributed by atoms with Gasteiger partial charge in [-0.15, -0.1) is 0 Å². The minimum Gasteiger partial charge on any atom is -0.381 e. The molecule has 4 aliphatic rings. The van der Waals surface area contributed by atoms with E-state index in [4.69, 9.17) is 4.74 Å². The fourth-order valence-corrected chi connectivity index (χ4v) is 5.24. The molecule has 2 saturated carbocycles. The van der Waals surface area contributed by atoms with Crippen LogP contribution in [0.3, 0.4) is 0 Å². The lowest BCUT2D eigenvalue weighted by atomic mass is 9.71. The van der Waals surface area contributed by atoms with E-state index in [1.165, 1.54) is 12.8 Å². The molecule has 26 heavy (non-hydrogen) atoms. The molecule has 2 saturated heterocycles. The maximum atomic E-state index is 13.1. The summed E-state index contributed by atoms with van der Waals surface area (Å²) in [6.45, 7) is 5.90. The molecule has 2 amide bonds. The number of hydrogen-bond donors (Lipinski definition) is 1. The van der Waals surface area contributed by atoms with Gasteiger partial charge in [-0.05, 0) is 63.2 Å². The minimum atomic E-state index is -0.0660. The van der Waals surface area contributed by atoms with Crippen molar-refractivity contribution in [2.45, 2.75) is 58.3 Å². The Morgan fingerprint density at radius 3 is 2.42 bits per heavy atom. The Bertz CT molecular complexity index is 531. The first-order chi connectivity index (χ1) is 12.6. The molecule has 0 aromatic heterocycles. The van der Waals surface area contributed by atoms with Crippen LogP contribution in [0.5, 0.6) is 0 Å². The van der Waals surface area contributed by atoms with Crippen molar-refractivity contribution in [1.82, 2.24) is 10.2 Å². The Hall–Kier alpha value is -1.10. The molecule has 2 aliphatic carbocycles. The van der Waals surface area contributed by atoms with E-state index in [0.29, 0.717) is 18.4 Å². The van der Waals surface area contributed by atoms with Gasteiger partial charge in [0.05, 0.1) is 5.92 Å². The van der Waals surface area contributed by atoms with Crippen LogP contribution in [0.2, 0.25) is 0 Å². The average molecular weight is 363 g/mol. The van der Waals surface area contributed by atoms with Crippen LogP contribution in [0.4, 0.5) is 0 Å². The van der Waals surface area contributed by atoms with Crippen molar-refractivity contribution in [3.8, 4) is 0 Å². The first kappa shape index (κ1) is 18.3. The fourth-order valence-electron chi connectivity index (χ4n) is 5.24. The number of likely N-dealkylation sites (tertiary alicyclic amines) is 1. The number of hydrogen-bond acceptors (Lipinski definition) is 3. The third-order valence-electron chi connectivity index (χ3n) is 7.39. The Balaban J connectivity index is 1.43. The van der Waals surface area contributed by atoms with Crippen molar-refractivity contribution in [3.63, 3.8) is 0 Å². The van der Waals surface area contributed by atoms with Crippen LogP contribution in [0, 0.1) is 29.1 Å². The largest absolute Gasteiger partial charge is 0.381 e. The Morgan fingerprint density at radius 2 is 1.77 bits per heavy atom. The molecule has 0 aromatic carbocycles. The summed E-state index contributed by atoms with van der Waals surface area (Å²) in [5, 5.41) is 3.19. The number of carbonyl (C=O) groups excluding carboxylic acids is 2. The lowest BCUT2D eigenvalue weighted by Gasteiger charge is -2.37. The zero-order chi connectivity index (χ0) is 18.1. The summed E-state index contributed by atoms with van der Waals surface area (Å²) >= 11 is 0. The summed E-state index contributed by atoms with van der Waals surface area (Å²) in [6, 6.07) is 0. The molecule has 0 bridgehead atoms. The maximum Gasteiger partial charge on any atom is 0.225 e. The zero-order valence-electron chi connectivity index (χ0n) is 16.2. The van der Waals surface area contributed by atoms with Crippen LogP contribution in [0.1, 0.15) is 58.3 Å². The lowest BCUT2D eigenvalue weighted by molar-refractivity contribution is -0.136. The van der Waals surface area contributed by atoms with E-state index in [1.54, 1.807) is 0 Å². The fraction of sp³-hybridized carbons (Fsp3) is 0.905. The quantitative estimate of drug-likeness (QED) is 0.836. The Labute approximate surface area is 157 Å². The van der Waals surface area contributed by atoms with Gasteiger partial charge in [-0.2, -0.15) is 0 Å². The lowest BCUT2D eigenvalue weighted by Crippen LogP contribution is -2.44. The molecule has 146 valence electrons. The van der Waals surface area contributed by atoms with Crippen molar-refractivity contribution in [3.05, 3.63) is 0 Å². The molecule has 5 nitrogen and oxygen atoms in total. The Morgan fingerprint density at radius 1 is 1.08 bits per heavy atom. The topological polar surface area (TPSA) is 58.6 Å². The van der Waals surface area contributed by atoms with E-state index in [-0.39, 0.29) is 23.2 Å². The molecule has 1 N–H and O–H groups in total. The van der Waals surface area contributed by atoms with Crippen molar-refractivity contribution < 1.29 is 14.3 Å². The molecule has 4 rings (SSSR count). The number of nitrogens with zero attached hydrogens (tertiary/aromatic N) is 1. The molecule has 2 aliphatic heterocycles. The van der Waals surface area contributed by atoms with E-state index in [1.807, 2.05) is 4.90 Å². The molecular formula is C21H34N2O3. The van der Waals surface area contributed by atoms with Gasteiger partial charge in [0.1, 0.15) is 0 Å². The standard InChI is InChI=1S/C21H34N2O3/c1-15-2-6-17(7-3-15)20(25)23-13-18(19(24)22-12-16-4-5-16)21(14-23)8-10-26-11-9-21/h15-18H,2-14H2,1H3,(H,22,24). The van der Waals surface area contributed by atoms with Gasteiger partial charge in [0, 0.05) is 44.2 Å². The zero-order valence-corrected chi connectivity index (χ0v) is 16.2. The highest BCUT2D eigenvalue weighted by atomic mass is 16.5. The van der Waals surface area contributed by atoms with Crippen LogP contribution >= 0.6 is 0 Å². The summed E-state index contributed by atoms with van der Waals surface area (Å²) in [5.74, 6) is 2.04. The van der Waals surface area contributed by atoms with Gasteiger partial charge in [0.15, 0.2) is 0 Å². The second-order valence-electron chi connectivity index (χ2n) is 9.39. The third kappa shape index (κ3) is 3.78. The predicted octanol–water partition coefficient (Wildman–Crippen LogP) is 2.59. The normalized spacial score (nSPS) is 34.0. The summed E-state index contributed by atoms with van der Waals surface area (Å²) in [4.78, 5) is 28.1. The number of ether oxygens (including phenoxy) is 1. The highest BCUT2D eigenvalue weighted by molar-refractivity contribution is 5.84. The highest BCUT2D eigenvalue weighted by Crippen LogP contribution is 2.45. The predicted molar refractivity (Wildman–Crippen MR) is 99.4 cm³/mol. The maximum absolute atomic E-state index is 13.1. The summed E-state index contributed by atoms with van der Waals surface area (Å²) in [7, 11) is 0. The van der Waals surface area contributed by atoms with E-state index in [0.717, 1.165) is 70.7 Å². The number of nitrogens with one attached hydrogen (secondary N) is 1. The van der Waals surface area contributed by atoms with Crippen molar-refractivity contribution in [2.75, 3.05) is 32.8 Å². The Kier molecular flexibility index (Phi) is 5.27. The smallest absolute Gasteiger partial charge is 0.225 e. The first-order valence-corrected chi connectivity index (χ1v) is 10.7. The molecule has 0 radical (unpaired) electrons. The molecule has 2 heterocycles. The second kappa shape index (κ2) is 7.49. The van der Waals surface area contributed by atoms with Gasteiger partial charge in [-0.1, -0.05) is 6.92 Å². The monoisotopic (exact) mass is 362 g/mol. The number of carbonyl (C=O) groups is 2. The summed E-state index contributed by atoms with van der Waals surface area (Å²) < 4.78 is 5.58. The van der Waals surface area contributed by atoms with E-state index in [2.05, 4.69) is 12.2 Å². The van der Waals surface area contributed by atoms with E-state index in [9.17, 15) is 9.59 Å². The van der Waals surface area contributed by atoms with Gasteiger partial charge < -0.3 is 15.0 Å². The van der Waals surface area contributed by atoms with Crippen molar-refractivity contribution in [2.24, 2.45) is 29.1 Å². The second-order valence-corrected chi connectivity index (χ2v) is 9.39. The molecular weight excluding hydrogens is 328 g/mol. The van der Waals surface area contributed by atoms with Crippen LogP contribution in [0.25, 0.3) is 0 Å². The van der Waals surface area contributed by atoms with E-state index >= 15 is 0 Å². The molecule has 0 aromatic rings. The number of amides is 2. The minimum absolute atomic E-state index is 0.0587. The van der Waals surface area contributed by atoms with Crippen molar-refractivity contribution >= 4 is 11.8 Å². The third-order valence-corrected chi connectivity index (χ3v) is 7.39. The molecule has 4 fully saturated rings. The van der Waals surface area contributed by atoms with Gasteiger partial charge in [-0.25, -0.2) is 0 Å². The molecule has 5 heteroatoms. The van der Waals surface area contributed by atoms with Gasteiger partial charge in [0.2, 0.25) is 11.8 Å². The highest BCUT2D eigenvalue weighted by Gasteiger charge is 2.52. The molecule has 1 unspecified atom stereocenters. The molecule has 1 spiro atoms. The van der Waals surface area contributed by atoms with Crippen LogP contribution in [-0.2, 0) is 14.3 Å². The van der Waals surface area contributed by atoms with Gasteiger partial charge in [-0.3, -0.25) is 9.59 Å². The molecule has 1 atom stereocenters. The van der Waals surface area contributed by atoms with Crippen molar-refractivity contribution in [1.29, 1.82) is 0 Å². The van der Waals surface area contributed by atoms with E-state index < -0.39 is 0 Å². The average Bonchev–Trinajstić information content (AvgIpc) is 3.42. The van der Waals surface area contributed by atoms with Crippen LogP contribution in [-0.4, -0.2) is 49.6 Å². The first-order valence-electron chi connectivity index (χ1n) is 10.7.